The van der Waals surface area contributed by atoms with Crippen LogP contribution in [-0.4, -0.2) is 0 Å². The van der Waals surface area contributed by atoms with E-state index in [2.05, 4.69) is 111 Å². The van der Waals surface area contributed by atoms with Crippen LogP contribution in [0.4, 0.5) is 0 Å². The highest BCUT2D eigenvalue weighted by molar-refractivity contribution is 7.12. The molecule has 0 saturated carbocycles. The van der Waals surface area contributed by atoms with Gasteiger partial charge in [0, 0.05) is 14.6 Å². The molecular weight excluding hydrogens is 388 g/mol. The average molecular weight is 413 g/mol. The minimum atomic E-state index is 1.22. The van der Waals surface area contributed by atoms with Crippen LogP contribution in [-0.2, 0) is 0 Å². The molecule has 0 N–H and O–H groups in total. The van der Waals surface area contributed by atoms with Crippen LogP contribution < -0.4 is 0 Å². The molecule has 0 atom stereocenters. The molecule has 2 aromatic heterocycles. The Hall–Kier alpha value is -2.68. The van der Waals surface area contributed by atoms with Crippen molar-refractivity contribution in [2.45, 2.75) is 20.8 Å². The fourth-order valence-electron chi connectivity index (χ4n) is 3.36. The van der Waals surface area contributed by atoms with Gasteiger partial charge in [-0.05, 0) is 90.4 Å². The summed E-state index contributed by atoms with van der Waals surface area (Å²) in [5.41, 5.74) is 7.64. The molecule has 0 fully saturated rings. The Morgan fingerprint density at radius 2 is 1.55 bits per heavy atom. The highest BCUT2D eigenvalue weighted by Gasteiger charge is 2.08. The van der Waals surface area contributed by atoms with Crippen LogP contribution >= 0.6 is 22.7 Å². The first-order valence-electron chi connectivity index (χ1n) is 9.76. The van der Waals surface area contributed by atoms with Gasteiger partial charge in [-0.25, -0.2) is 0 Å². The van der Waals surface area contributed by atoms with Crippen molar-refractivity contribution in [3.05, 3.63) is 103 Å². The molecule has 2 heterocycles. The maximum absolute atomic E-state index is 2.31. The van der Waals surface area contributed by atoms with E-state index < -0.39 is 0 Å². The van der Waals surface area contributed by atoms with Gasteiger partial charge in [0.2, 0.25) is 0 Å². The molecule has 0 saturated heterocycles. The van der Waals surface area contributed by atoms with Gasteiger partial charge in [0.25, 0.3) is 0 Å². The van der Waals surface area contributed by atoms with Crippen molar-refractivity contribution in [1.29, 1.82) is 0 Å². The lowest BCUT2D eigenvalue weighted by Gasteiger charge is -2.12. The van der Waals surface area contributed by atoms with E-state index in [1.54, 1.807) is 11.3 Å². The predicted octanol–water partition coefficient (Wildman–Crippen LogP) is 8.74. The zero-order chi connectivity index (χ0) is 20.2. The lowest BCUT2D eigenvalue weighted by atomic mass is 9.92. The van der Waals surface area contributed by atoms with Crippen molar-refractivity contribution >= 4 is 47.0 Å². The van der Waals surface area contributed by atoms with Crippen molar-refractivity contribution in [2.24, 2.45) is 0 Å². The fourth-order valence-corrected chi connectivity index (χ4v) is 4.76. The summed E-state index contributed by atoms with van der Waals surface area (Å²) >= 11 is 3.59. The topological polar surface area (TPSA) is 0 Å². The minimum Gasteiger partial charge on any atom is -0.144 e. The third kappa shape index (κ3) is 4.84. The normalized spacial score (nSPS) is 11.7. The second-order valence-electron chi connectivity index (χ2n) is 7.30. The Kier molecular flexibility index (Phi) is 5.94. The summed E-state index contributed by atoms with van der Waals surface area (Å²) in [5, 5.41) is 2.12. The molecule has 0 aliphatic rings. The summed E-state index contributed by atoms with van der Waals surface area (Å²) in [6, 6.07) is 22.0. The second kappa shape index (κ2) is 8.77. The van der Waals surface area contributed by atoms with Crippen LogP contribution in [0.3, 0.4) is 0 Å². The van der Waals surface area contributed by atoms with Crippen molar-refractivity contribution in [3.63, 3.8) is 0 Å². The molecule has 29 heavy (non-hydrogen) atoms. The van der Waals surface area contributed by atoms with Gasteiger partial charge in [-0.2, -0.15) is 0 Å². The largest absolute Gasteiger partial charge is 0.144 e. The third-order valence-corrected chi connectivity index (χ3v) is 6.74. The first-order chi connectivity index (χ1) is 14.1. The highest BCUT2D eigenvalue weighted by atomic mass is 32.1. The van der Waals surface area contributed by atoms with Gasteiger partial charge in [-0.3, -0.25) is 0 Å². The highest BCUT2D eigenvalue weighted by Crippen LogP contribution is 2.31. The standard InChI is InChI=1S/C27H24S2/c1-19-6-7-20(2)26(17-19)27-18-22(10-14-25-13-8-21(3)29-25)9-11-23(27)12-15-24-5-4-16-28-24/h4-18H,1-3H3/b14-10+,15-12+. The van der Waals surface area contributed by atoms with Gasteiger partial charge in [0.1, 0.15) is 0 Å². The molecule has 0 aliphatic heterocycles. The number of benzene rings is 2. The van der Waals surface area contributed by atoms with E-state index in [4.69, 9.17) is 0 Å². The van der Waals surface area contributed by atoms with Gasteiger partial charge in [0.15, 0.2) is 0 Å². The summed E-state index contributed by atoms with van der Waals surface area (Å²) in [6.45, 7) is 6.50. The van der Waals surface area contributed by atoms with Crippen LogP contribution in [0.25, 0.3) is 35.4 Å². The summed E-state index contributed by atoms with van der Waals surface area (Å²) in [6.07, 6.45) is 8.87. The monoisotopic (exact) mass is 412 g/mol. The summed E-state index contributed by atoms with van der Waals surface area (Å²) in [5.74, 6) is 0. The third-order valence-electron chi connectivity index (χ3n) is 4.93. The first kappa shape index (κ1) is 19.6. The van der Waals surface area contributed by atoms with Crippen LogP contribution in [0.5, 0.6) is 0 Å². The Bertz CT molecular complexity index is 1170. The van der Waals surface area contributed by atoms with Crippen LogP contribution in [0.2, 0.25) is 0 Å². The van der Waals surface area contributed by atoms with Crippen molar-refractivity contribution in [3.8, 4) is 11.1 Å². The van der Waals surface area contributed by atoms with Crippen molar-refractivity contribution < 1.29 is 0 Å². The Morgan fingerprint density at radius 3 is 2.31 bits per heavy atom. The molecule has 0 bridgehead atoms. The average Bonchev–Trinajstić information content (AvgIpc) is 3.38. The van der Waals surface area contributed by atoms with Crippen LogP contribution in [0.15, 0.2) is 66.0 Å². The number of rotatable bonds is 5. The van der Waals surface area contributed by atoms with E-state index >= 15 is 0 Å². The Balaban J connectivity index is 1.76. The number of thiophene rings is 2. The molecule has 4 aromatic rings. The number of hydrogen-bond acceptors (Lipinski definition) is 2. The zero-order valence-corrected chi connectivity index (χ0v) is 18.6. The van der Waals surface area contributed by atoms with Gasteiger partial charge < -0.3 is 0 Å². The van der Waals surface area contributed by atoms with Crippen LogP contribution in [0, 0.1) is 20.8 Å². The molecule has 0 spiro atoms. The lowest BCUT2D eigenvalue weighted by molar-refractivity contribution is 1.39. The second-order valence-corrected chi connectivity index (χ2v) is 9.59. The first-order valence-corrected chi connectivity index (χ1v) is 11.5. The SMILES string of the molecule is Cc1ccc(C)c(-c2cc(/C=C/c3ccc(C)s3)ccc2/C=C/c2cccs2)c1. The fraction of sp³-hybridized carbons (Fsp3) is 0.111. The van der Waals surface area contributed by atoms with Crippen molar-refractivity contribution in [2.75, 3.05) is 0 Å². The van der Waals surface area contributed by atoms with Gasteiger partial charge in [0.05, 0.1) is 0 Å². The van der Waals surface area contributed by atoms with Gasteiger partial charge >= 0.3 is 0 Å². The minimum absolute atomic E-state index is 1.22. The zero-order valence-electron chi connectivity index (χ0n) is 17.0. The molecule has 0 amide bonds. The molecular formula is C27H24S2. The molecule has 0 nitrogen and oxygen atoms in total. The predicted molar refractivity (Wildman–Crippen MR) is 133 cm³/mol. The summed E-state index contributed by atoms with van der Waals surface area (Å²) < 4.78 is 0. The van der Waals surface area contributed by atoms with Gasteiger partial charge in [-0.15, -0.1) is 22.7 Å². The molecule has 144 valence electrons. The molecule has 2 aromatic carbocycles. The van der Waals surface area contributed by atoms with Crippen LogP contribution in [0.1, 0.15) is 36.9 Å². The van der Waals surface area contributed by atoms with E-state index in [0.717, 1.165) is 0 Å². The molecule has 2 heteroatoms. The number of aryl methyl sites for hydroxylation is 3. The van der Waals surface area contributed by atoms with Gasteiger partial charge in [-0.1, -0.05) is 54.1 Å². The molecule has 0 aliphatic carbocycles. The Morgan fingerprint density at radius 1 is 0.690 bits per heavy atom. The smallest absolute Gasteiger partial charge is 0.0273 e. The summed E-state index contributed by atoms with van der Waals surface area (Å²) in [4.78, 5) is 3.90. The van der Waals surface area contributed by atoms with E-state index in [1.165, 1.54) is 48.0 Å². The quantitative estimate of drug-likeness (QED) is 0.307. The van der Waals surface area contributed by atoms with E-state index in [1.807, 2.05) is 11.3 Å². The molecule has 4 rings (SSSR count). The molecule has 0 unspecified atom stereocenters. The van der Waals surface area contributed by atoms with E-state index in [-0.39, 0.29) is 0 Å². The number of hydrogen-bond donors (Lipinski definition) is 0. The molecule has 0 radical (unpaired) electrons. The lowest BCUT2D eigenvalue weighted by Crippen LogP contribution is -1.89. The Labute approximate surface area is 181 Å². The van der Waals surface area contributed by atoms with E-state index in [0.29, 0.717) is 0 Å². The van der Waals surface area contributed by atoms with E-state index in [9.17, 15) is 0 Å². The summed E-state index contributed by atoms with van der Waals surface area (Å²) in [7, 11) is 0. The maximum Gasteiger partial charge on any atom is 0.0273 e. The maximum atomic E-state index is 2.31. The van der Waals surface area contributed by atoms with Crippen molar-refractivity contribution in [1.82, 2.24) is 0 Å².